The van der Waals surface area contributed by atoms with E-state index < -0.39 is 12.0 Å². The molecule has 3 aromatic rings. The third kappa shape index (κ3) is 4.53. The third-order valence-corrected chi connectivity index (χ3v) is 7.10. The fourth-order valence-corrected chi connectivity index (χ4v) is 5.42. The summed E-state index contributed by atoms with van der Waals surface area (Å²) in [5.41, 5.74) is 5.34. The molecule has 0 saturated carbocycles. The number of carboxylic acids is 1. The number of rotatable bonds is 7. The fourth-order valence-electron chi connectivity index (χ4n) is 4.59. The van der Waals surface area contributed by atoms with Crippen molar-refractivity contribution in [3.8, 4) is 0 Å². The van der Waals surface area contributed by atoms with Crippen molar-refractivity contribution in [2.24, 2.45) is 5.92 Å². The Balaban J connectivity index is 1.53. The molecule has 3 atom stereocenters. The summed E-state index contributed by atoms with van der Waals surface area (Å²) in [6.07, 6.45) is 3.82. The molecule has 1 aliphatic rings. The van der Waals surface area contributed by atoms with Crippen LogP contribution in [0, 0.1) is 12.8 Å². The van der Waals surface area contributed by atoms with Gasteiger partial charge in [-0.05, 0) is 66.6 Å². The first-order valence-corrected chi connectivity index (χ1v) is 11.8. The van der Waals surface area contributed by atoms with Crippen molar-refractivity contribution in [3.63, 3.8) is 0 Å². The largest absolute Gasteiger partial charge is 0.480 e. The van der Waals surface area contributed by atoms with Gasteiger partial charge in [-0.3, -0.25) is 4.79 Å². The first-order valence-electron chi connectivity index (χ1n) is 10.4. The lowest BCUT2D eigenvalue weighted by molar-refractivity contribution is -0.142. The number of hydrogen-bond donors (Lipinski definition) is 4. The van der Waals surface area contributed by atoms with Crippen LogP contribution in [0.1, 0.15) is 34.6 Å². The van der Waals surface area contributed by atoms with Gasteiger partial charge in [0.15, 0.2) is 0 Å². The number of benzene rings is 2. The fraction of sp³-hybridized carbons (Fsp3) is 0.333. The number of nitrogens with one attached hydrogen (secondary N) is 2. The van der Waals surface area contributed by atoms with Crippen LogP contribution in [-0.4, -0.2) is 33.8 Å². The molecule has 31 heavy (non-hydrogen) atoms. The molecule has 0 bridgehead atoms. The zero-order valence-corrected chi connectivity index (χ0v) is 19.7. The lowest BCUT2D eigenvalue weighted by Crippen LogP contribution is -2.46. The smallest absolute Gasteiger partial charge is 0.326 e. The van der Waals surface area contributed by atoms with Crippen molar-refractivity contribution in [2.75, 3.05) is 5.75 Å². The summed E-state index contributed by atoms with van der Waals surface area (Å²) in [5, 5.41) is 13.6. The highest BCUT2D eigenvalue weighted by Crippen LogP contribution is 2.40. The Morgan fingerprint density at radius 3 is 2.84 bits per heavy atom. The van der Waals surface area contributed by atoms with Gasteiger partial charge in [-0.25, -0.2) is 4.79 Å². The van der Waals surface area contributed by atoms with Gasteiger partial charge in [0.25, 0.3) is 0 Å². The summed E-state index contributed by atoms with van der Waals surface area (Å²) in [6, 6.07) is 11.2. The molecule has 0 aliphatic heterocycles. The monoisotopic (exact) mass is 500 g/mol. The van der Waals surface area contributed by atoms with Crippen LogP contribution in [0.4, 0.5) is 0 Å². The average molecular weight is 501 g/mol. The van der Waals surface area contributed by atoms with E-state index in [1.165, 1.54) is 5.56 Å². The quantitative estimate of drug-likeness (QED) is 0.357. The number of H-pyrrole nitrogens is 1. The van der Waals surface area contributed by atoms with Crippen LogP contribution >= 0.6 is 28.6 Å². The Hall–Kier alpha value is -2.25. The maximum Gasteiger partial charge on any atom is 0.326 e. The Kier molecular flexibility index (Phi) is 6.44. The van der Waals surface area contributed by atoms with Crippen LogP contribution in [0.5, 0.6) is 0 Å². The molecule has 1 amide bonds. The number of fused-ring (bicyclic) bond motifs is 2. The predicted octanol–water partition coefficient (Wildman–Crippen LogP) is 4.63. The van der Waals surface area contributed by atoms with E-state index in [0.717, 1.165) is 44.9 Å². The first-order chi connectivity index (χ1) is 14.9. The lowest BCUT2D eigenvalue weighted by atomic mass is 9.87. The molecule has 0 radical (unpaired) electrons. The minimum atomic E-state index is -1.04. The number of aromatic nitrogens is 1. The van der Waals surface area contributed by atoms with Gasteiger partial charge in [0.2, 0.25) is 5.91 Å². The van der Waals surface area contributed by atoms with Gasteiger partial charge in [-0.2, -0.15) is 12.6 Å². The van der Waals surface area contributed by atoms with E-state index in [4.69, 9.17) is 0 Å². The summed E-state index contributed by atoms with van der Waals surface area (Å²) in [7, 11) is 0. The highest BCUT2D eigenvalue weighted by Gasteiger charge is 2.35. The van der Waals surface area contributed by atoms with Crippen LogP contribution in [0.25, 0.3) is 10.9 Å². The second kappa shape index (κ2) is 9.09. The minimum Gasteiger partial charge on any atom is -0.480 e. The number of aliphatic carboxylic acids is 1. The molecular weight excluding hydrogens is 476 g/mol. The second-order valence-electron chi connectivity index (χ2n) is 8.24. The molecule has 0 spiro atoms. The number of hydrogen-bond acceptors (Lipinski definition) is 3. The normalized spacial score (nSPS) is 17.3. The standard InChI is InChI=1S/C24H25BrN2O3S/c1-13-2-7-21-19(8-13)15(11-26-21)10-22(24(29)30)27-23(28)20(12-31)18-5-3-14-9-16(25)4-6-17(14)18/h2,4,6-9,11,18,20,22,26,31H,3,5,10,12H2,1H3,(H,27,28)(H,29,30). The maximum absolute atomic E-state index is 13.2. The van der Waals surface area contributed by atoms with E-state index >= 15 is 0 Å². The van der Waals surface area contributed by atoms with Crippen molar-refractivity contribution in [2.45, 2.75) is 38.1 Å². The van der Waals surface area contributed by atoms with Crippen molar-refractivity contribution < 1.29 is 14.7 Å². The lowest BCUT2D eigenvalue weighted by Gasteiger charge is -2.24. The van der Waals surface area contributed by atoms with Gasteiger partial charge in [-0.15, -0.1) is 0 Å². The number of aromatic amines is 1. The van der Waals surface area contributed by atoms with Gasteiger partial charge >= 0.3 is 5.97 Å². The number of carboxylic acid groups (broad SMARTS) is 1. The van der Waals surface area contributed by atoms with Crippen molar-refractivity contribution >= 4 is 51.3 Å². The third-order valence-electron chi connectivity index (χ3n) is 6.21. The van der Waals surface area contributed by atoms with Crippen LogP contribution in [0.2, 0.25) is 0 Å². The molecule has 3 N–H and O–H groups in total. The van der Waals surface area contributed by atoms with Gasteiger partial charge in [0.05, 0.1) is 5.92 Å². The zero-order valence-electron chi connectivity index (χ0n) is 17.2. The number of carbonyl (C=O) groups is 2. The van der Waals surface area contributed by atoms with E-state index in [9.17, 15) is 14.7 Å². The molecule has 162 valence electrons. The molecule has 1 aliphatic carbocycles. The van der Waals surface area contributed by atoms with Crippen LogP contribution in [0.15, 0.2) is 47.1 Å². The van der Waals surface area contributed by atoms with E-state index in [1.807, 2.05) is 37.4 Å². The van der Waals surface area contributed by atoms with E-state index in [2.05, 4.69) is 51.0 Å². The van der Waals surface area contributed by atoms with Gasteiger partial charge in [-0.1, -0.05) is 33.6 Å². The molecule has 2 aromatic carbocycles. The van der Waals surface area contributed by atoms with Gasteiger partial charge in [0, 0.05) is 33.7 Å². The average Bonchev–Trinajstić information content (AvgIpc) is 3.32. The second-order valence-corrected chi connectivity index (χ2v) is 9.52. The Morgan fingerprint density at radius 1 is 1.29 bits per heavy atom. The predicted molar refractivity (Wildman–Crippen MR) is 129 cm³/mol. The first kappa shape index (κ1) is 22.0. The van der Waals surface area contributed by atoms with E-state index in [0.29, 0.717) is 5.75 Å². The zero-order chi connectivity index (χ0) is 22.1. The molecule has 1 heterocycles. The minimum absolute atomic E-state index is 0.0470. The highest BCUT2D eigenvalue weighted by atomic mass is 79.9. The maximum atomic E-state index is 13.2. The molecule has 5 nitrogen and oxygen atoms in total. The van der Waals surface area contributed by atoms with Crippen molar-refractivity contribution in [1.29, 1.82) is 0 Å². The number of amides is 1. The Morgan fingerprint density at radius 2 is 2.10 bits per heavy atom. The number of thiol groups is 1. The molecule has 3 unspecified atom stereocenters. The Bertz CT molecular complexity index is 1140. The van der Waals surface area contributed by atoms with Crippen LogP contribution in [-0.2, 0) is 22.4 Å². The van der Waals surface area contributed by atoms with Crippen LogP contribution in [0.3, 0.4) is 0 Å². The SMILES string of the molecule is Cc1ccc2[nH]cc(CC(NC(=O)C(CS)C3CCc4cc(Br)ccc43)C(=O)O)c2c1. The summed E-state index contributed by atoms with van der Waals surface area (Å²) >= 11 is 7.95. The van der Waals surface area contributed by atoms with Crippen molar-refractivity contribution in [3.05, 3.63) is 69.3 Å². The van der Waals surface area contributed by atoms with E-state index in [-0.39, 0.29) is 24.2 Å². The molecule has 0 saturated heterocycles. The summed E-state index contributed by atoms with van der Waals surface area (Å²) in [4.78, 5) is 28.3. The Labute approximate surface area is 195 Å². The summed E-state index contributed by atoms with van der Waals surface area (Å²) in [5.74, 6) is -1.25. The number of carbonyl (C=O) groups excluding carboxylic acids is 1. The number of aryl methyl sites for hydroxylation is 2. The molecule has 1 aromatic heterocycles. The van der Waals surface area contributed by atoms with Gasteiger partial charge in [0.1, 0.15) is 6.04 Å². The highest BCUT2D eigenvalue weighted by molar-refractivity contribution is 9.10. The topological polar surface area (TPSA) is 82.2 Å². The number of halogens is 1. The van der Waals surface area contributed by atoms with Crippen LogP contribution < -0.4 is 5.32 Å². The van der Waals surface area contributed by atoms with Gasteiger partial charge < -0.3 is 15.4 Å². The molecule has 4 rings (SSSR count). The molecule has 7 heteroatoms. The molecule has 0 fully saturated rings. The van der Waals surface area contributed by atoms with Crippen molar-refractivity contribution in [1.82, 2.24) is 10.3 Å². The summed E-state index contributed by atoms with van der Waals surface area (Å²) < 4.78 is 1.03. The summed E-state index contributed by atoms with van der Waals surface area (Å²) in [6.45, 7) is 2.00. The van der Waals surface area contributed by atoms with E-state index in [1.54, 1.807) is 0 Å². The molecular formula is C24H25BrN2O3S.